The summed E-state index contributed by atoms with van der Waals surface area (Å²) < 4.78 is 63.4. The van der Waals surface area contributed by atoms with Gasteiger partial charge in [0, 0.05) is 12.2 Å². The molecule has 118 valence electrons. The number of rotatable bonds is 4. The second kappa shape index (κ2) is 5.54. The molecule has 21 heavy (non-hydrogen) atoms. The number of anilines is 1. The third-order valence-corrected chi connectivity index (χ3v) is 7.29. The summed E-state index contributed by atoms with van der Waals surface area (Å²) in [4.78, 5) is -0.569. The molecule has 0 radical (unpaired) electrons. The van der Waals surface area contributed by atoms with Crippen molar-refractivity contribution in [1.29, 1.82) is 0 Å². The Kier molecular flexibility index (Phi) is 4.27. The average molecular weight is 336 g/mol. The molecule has 6 nitrogen and oxygen atoms in total. The summed E-state index contributed by atoms with van der Waals surface area (Å²) in [5, 5.41) is -0.752. The molecule has 0 spiro atoms. The number of nitrogens with one attached hydrogen (secondary N) is 1. The van der Waals surface area contributed by atoms with Crippen LogP contribution in [0.1, 0.15) is 18.4 Å². The van der Waals surface area contributed by atoms with Crippen molar-refractivity contribution in [3.05, 3.63) is 23.5 Å². The molecule has 3 N–H and O–H groups in total. The van der Waals surface area contributed by atoms with Crippen molar-refractivity contribution in [2.45, 2.75) is 29.9 Å². The summed E-state index contributed by atoms with van der Waals surface area (Å²) in [6.07, 6.45) is 0.921. The topological polar surface area (TPSA) is 106 Å². The standard InChI is InChI=1S/C12H17FN2O4S2/c1-8-5-10(13)12(6-11(8)14)21(18,19)15-7-9-3-2-4-20(9,16)17/h5-6,9,15H,2-4,7,14H2,1H3. The lowest BCUT2D eigenvalue weighted by Gasteiger charge is -2.13. The first kappa shape index (κ1) is 16.2. The van der Waals surface area contributed by atoms with Crippen LogP contribution >= 0.6 is 0 Å². The van der Waals surface area contributed by atoms with Crippen LogP contribution in [0.25, 0.3) is 0 Å². The monoisotopic (exact) mass is 336 g/mol. The Morgan fingerprint density at radius 2 is 2.10 bits per heavy atom. The molecule has 1 unspecified atom stereocenters. The van der Waals surface area contributed by atoms with Gasteiger partial charge in [-0.3, -0.25) is 0 Å². The number of nitrogens with two attached hydrogens (primary N) is 1. The van der Waals surface area contributed by atoms with Crippen LogP contribution in [0.3, 0.4) is 0 Å². The smallest absolute Gasteiger partial charge is 0.243 e. The van der Waals surface area contributed by atoms with E-state index >= 15 is 0 Å². The third kappa shape index (κ3) is 3.35. The number of aryl methyl sites for hydroxylation is 1. The second-order valence-electron chi connectivity index (χ2n) is 5.12. The van der Waals surface area contributed by atoms with E-state index in [0.717, 1.165) is 12.1 Å². The van der Waals surface area contributed by atoms with Crippen LogP contribution in [0.5, 0.6) is 0 Å². The zero-order valence-corrected chi connectivity index (χ0v) is 13.1. The zero-order valence-electron chi connectivity index (χ0n) is 11.5. The molecular weight excluding hydrogens is 319 g/mol. The first-order valence-corrected chi connectivity index (χ1v) is 9.60. The van der Waals surface area contributed by atoms with Gasteiger partial charge in [-0.15, -0.1) is 0 Å². The van der Waals surface area contributed by atoms with Gasteiger partial charge in [0.1, 0.15) is 10.7 Å². The predicted octanol–water partition coefficient (Wildman–Crippen LogP) is 0.572. The number of sulfonamides is 1. The highest BCUT2D eigenvalue weighted by Crippen LogP contribution is 2.23. The minimum Gasteiger partial charge on any atom is -0.398 e. The predicted molar refractivity (Wildman–Crippen MR) is 77.5 cm³/mol. The van der Waals surface area contributed by atoms with E-state index < -0.39 is 35.8 Å². The molecule has 1 atom stereocenters. The van der Waals surface area contributed by atoms with Crippen molar-refractivity contribution in [3.63, 3.8) is 0 Å². The Labute approximate surface area is 123 Å². The first-order valence-electron chi connectivity index (χ1n) is 6.40. The van der Waals surface area contributed by atoms with E-state index in [1.807, 2.05) is 0 Å². The van der Waals surface area contributed by atoms with Crippen LogP contribution < -0.4 is 10.5 Å². The van der Waals surface area contributed by atoms with Gasteiger partial charge in [0.25, 0.3) is 0 Å². The number of sulfone groups is 1. The second-order valence-corrected chi connectivity index (χ2v) is 9.26. The quantitative estimate of drug-likeness (QED) is 0.782. The molecule has 1 aliphatic rings. The van der Waals surface area contributed by atoms with Gasteiger partial charge in [0.15, 0.2) is 9.84 Å². The molecule has 2 rings (SSSR count). The van der Waals surface area contributed by atoms with Gasteiger partial charge in [0.05, 0.1) is 11.0 Å². The van der Waals surface area contributed by atoms with Crippen LogP contribution in [-0.2, 0) is 19.9 Å². The highest BCUT2D eigenvalue weighted by molar-refractivity contribution is 7.92. The summed E-state index contributed by atoms with van der Waals surface area (Å²) in [5.41, 5.74) is 6.19. The SMILES string of the molecule is Cc1cc(F)c(S(=O)(=O)NCC2CCCS2(=O)=O)cc1N. The Balaban J connectivity index is 2.22. The largest absolute Gasteiger partial charge is 0.398 e. The number of hydrogen-bond acceptors (Lipinski definition) is 5. The molecule has 0 amide bonds. The highest BCUT2D eigenvalue weighted by Gasteiger charge is 2.32. The summed E-state index contributed by atoms with van der Waals surface area (Å²) in [6.45, 7) is 1.31. The van der Waals surface area contributed by atoms with Crippen LogP contribution in [-0.4, -0.2) is 34.4 Å². The van der Waals surface area contributed by atoms with Gasteiger partial charge in [-0.1, -0.05) is 0 Å². The molecule has 9 heteroatoms. The maximum atomic E-state index is 13.8. The van der Waals surface area contributed by atoms with Crippen molar-refractivity contribution >= 4 is 25.5 Å². The summed E-state index contributed by atoms with van der Waals surface area (Å²) in [6, 6.07) is 2.08. The lowest BCUT2D eigenvalue weighted by Crippen LogP contribution is -2.35. The Hall–Kier alpha value is -1.19. The van der Waals surface area contributed by atoms with Crippen molar-refractivity contribution < 1.29 is 21.2 Å². The summed E-state index contributed by atoms with van der Waals surface area (Å²) >= 11 is 0. The molecule has 1 aromatic carbocycles. The normalized spacial score (nSPS) is 21.5. The molecule has 0 saturated carbocycles. The lowest BCUT2D eigenvalue weighted by molar-refractivity contribution is 0.553. The molecular formula is C12H17FN2O4S2. The van der Waals surface area contributed by atoms with Gasteiger partial charge < -0.3 is 5.73 Å². The number of nitrogen functional groups attached to an aromatic ring is 1. The van der Waals surface area contributed by atoms with Crippen LogP contribution in [0, 0.1) is 12.7 Å². The Bertz CT molecular complexity index is 760. The molecule has 1 saturated heterocycles. The molecule has 1 aromatic rings. The van der Waals surface area contributed by atoms with E-state index in [1.54, 1.807) is 6.92 Å². The number of hydrogen-bond donors (Lipinski definition) is 2. The molecule has 1 fully saturated rings. The van der Waals surface area contributed by atoms with Crippen molar-refractivity contribution in [2.24, 2.45) is 0 Å². The molecule has 1 heterocycles. The van der Waals surface area contributed by atoms with E-state index in [2.05, 4.69) is 4.72 Å². The lowest BCUT2D eigenvalue weighted by atomic mass is 10.2. The number of benzene rings is 1. The van der Waals surface area contributed by atoms with Gasteiger partial charge in [-0.05, 0) is 37.5 Å². The van der Waals surface area contributed by atoms with Crippen molar-refractivity contribution in [2.75, 3.05) is 18.0 Å². The highest BCUT2D eigenvalue weighted by atomic mass is 32.2. The van der Waals surface area contributed by atoms with Gasteiger partial charge >= 0.3 is 0 Å². The molecule has 0 aromatic heterocycles. The van der Waals surface area contributed by atoms with Crippen LogP contribution in [0.2, 0.25) is 0 Å². The third-order valence-electron chi connectivity index (χ3n) is 3.57. The first-order chi connectivity index (χ1) is 9.63. The minimum absolute atomic E-state index is 0.0607. The van der Waals surface area contributed by atoms with Gasteiger partial charge in [-0.25, -0.2) is 25.9 Å². The van der Waals surface area contributed by atoms with E-state index in [4.69, 9.17) is 5.73 Å². The maximum absolute atomic E-state index is 13.8. The molecule has 0 aliphatic carbocycles. The molecule has 1 aliphatic heterocycles. The average Bonchev–Trinajstić information content (AvgIpc) is 2.70. The zero-order chi connectivity index (χ0) is 15.8. The van der Waals surface area contributed by atoms with E-state index in [0.29, 0.717) is 18.4 Å². The van der Waals surface area contributed by atoms with Crippen molar-refractivity contribution in [1.82, 2.24) is 4.72 Å². The van der Waals surface area contributed by atoms with Crippen LogP contribution in [0.15, 0.2) is 17.0 Å². The Morgan fingerprint density at radius 1 is 1.43 bits per heavy atom. The van der Waals surface area contributed by atoms with E-state index in [-0.39, 0.29) is 18.0 Å². The van der Waals surface area contributed by atoms with Crippen molar-refractivity contribution in [3.8, 4) is 0 Å². The summed E-state index contributed by atoms with van der Waals surface area (Å²) in [7, 11) is -7.40. The van der Waals surface area contributed by atoms with Gasteiger partial charge in [-0.2, -0.15) is 0 Å². The van der Waals surface area contributed by atoms with E-state index in [1.165, 1.54) is 0 Å². The summed E-state index contributed by atoms with van der Waals surface area (Å²) in [5.74, 6) is -0.853. The Morgan fingerprint density at radius 3 is 2.67 bits per heavy atom. The fourth-order valence-electron chi connectivity index (χ4n) is 2.24. The fraction of sp³-hybridized carbons (Fsp3) is 0.500. The number of halogens is 1. The fourth-order valence-corrected chi connectivity index (χ4v) is 5.29. The maximum Gasteiger partial charge on any atom is 0.243 e. The molecule has 0 bridgehead atoms. The minimum atomic E-state index is -4.14. The van der Waals surface area contributed by atoms with E-state index in [9.17, 15) is 21.2 Å². The van der Waals surface area contributed by atoms with Gasteiger partial charge in [0.2, 0.25) is 10.0 Å². The van der Waals surface area contributed by atoms with Crippen LogP contribution in [0.4, 0.5) is 10.1 Å².